The number of halogens is 7. The van der Waals surface area contributed by atoms with Gasteiger partial charge in [0.25, 0.3) is 5.91 Å². The van der Waals surface area contributed by atoms with Crippen molar-refractivity contribution >= 4 is 35.1 Å². The SMILES string of the molecule is O=C(OCCC(C(=O)NCC(F)(F)F)c1ccccc1Cl)c1ccc(NC(=O)c2ccccc2-c2ccc(C(F)(F)F)cc2)cc1. The highest BCUT2D eigenvalue weighted by Gasteiger charge is 2.31. The molecule has 240 valence electrons. The van der Waals surface area contributed by atoms with Crippen molar-refractivity contribution < 1.29 is 45.5 Å². The molecule has 0 aliphatic rings. The van der Waals surface area contributed by atoms with E-state index < -0.39 is 48.2 Å². The highest BCUT2D eigenvalue weighted by Crippen LogP contribution is 2.32. The van der Waals surface area contributed by atoms with Crippen LogP contribution in [0.25, 0.3) is 11.1 Å². The van der Waals surface area contributed by atoms with E-state index in [0.717, 1.165) is 12.1 Å². The number of alkyl halides is 6. The van der Waals surface area contributed by atoms with Gasteiger partial charge in [-0.3, -0.25) is 9.59 Å². The first-order valence-electron chi connectivity index (χ1n) is 13.7. The van der Waals surface area contributed by atoms with Gasteiger partial charge in [0.1, 0.15) is 6.54 Å². The molecule has 2 amide bonds. The molecule has 1 unspecified atom stereocenters. The second-order valence-electron chi connectivity index (χ2n) is 9.98. The Hall–Kier alpha value is -4.84. The normalized spacial score (nSPS) is 12.2. The van der Waals surface area contributed by atoms with Crippen molar-refractivity contribution in [3.8, 4) is 11.1 Å². The number of esters is 1. The molecule has 0 radical (unpaired) electrons. The van der Waals surface area contributed by atoms with Crippen molar-refractivity contribution in [1.82, 2.24) is 5.32 Å². The van der Waals surface area contributed by atoms with Crippen LogP contribution in [0.1, 0.15) is 44.2 Å². The van der Waals surface area contributed by atoms with Crippen molar-refractivity contribution in [2.24, 2.45) is 0 Å². The molecule has 0 aliphatic heterocycles. The molecule has 6 nitrogen and oxygen atoms in total. The van der Waals surface area contributed by atoms with Gasteiger partial charge in [-0.15, -0.1) is 0 Å². The molecule has 0 aliphatic carbocycles. The van der Waals surface area contributed by atoms with Crippen LogP contribution in [-0.2, 0) is 15.7 Å². The summed E-state index contributed by atoms with van der Waals surface area (Å²) in [5.41, 5.74) is 0.895. The van der Waals surface area contributed by atoms with Crippen molar-refractivity contribution in [1.29, 1.82) is 0 Å². The Morgan fingerprint density at radius 2 is 1.41 bits per heavy atom. The average Bonchev–Trinajstić information content (AvgIpc) is 3.02. The van der Waals surface area contributed by atoms with Gasteiger partial charge in [0.05, 0.1) is 23.7 Å². The first-order chi connectivity index (χ1) is 21.7. The zero-order chi connectivity index (χ0) is 33.5. The number of anilines is 1. The van der Waals surface area contributed by atoms with E-state index in [-0.39, 0.29) is 34.7 Å². The fourth-order valence-corrected chi connectivity index (χ4v) is 4.78. The summed E-state index contributed by atoms with van der Waals surface area (Å²) in [6.07, 6.45) is -9.26. The number of hydrogen-bond acceptors (Lipinski definition) is 4. The molecule has 4 aromatic rings. The molecule has 46 heavy (non-hydrogen) atoms. The molecule has 0 spiro atoms. The molecular weight excluding hydrogens is 638 g/mol. The van der Waals surface area contributed by atoms with Crippen LogP contribution in [0.4, 0.5) is 32.0 Å². The van der Waals surface area contributed by atoms with Crippen LogP contribution in [0.5, 0.6) is 0 Å². The number of hydrogen-bond donors (Lipinski definition) is 2. The molecular formula is C33H25ClF6N2O4. The molecule has 0 aromatic heterocycles. The summed E-state index contributed by atoms with van der Waals surface area (Å²) in [6, 6.07) is 22.6. The van der Waals surface area contributed by atoms with E-state index in [4.69, 9.17) is 16.3 Å². The van der Waals surface area contributed by atoms with E-state index in [1.54, 1.807) is 30.3 Å². The number of ether oxygens (including phenoxy) is 1. The monoisotopic (exact) mass is 662 g/mol. The molecule has 1 atom stereocenters. The van der Waals surface area contributed by atoms with Crippen LogP contribution < -0.4 is 10.6 Å². The third kappa shape index (κ3) is 9.10. The summed E-state index contributed by atoms with van der Waals surface area (Å²) in [6.45, 7) is -1.84. The van der Waals surface area contributed by atoms with Crippen LogP contribution in [0.3, 0.4) is 0 Å². The number of carbonyl (C=O) groups is 3. The fourth-order valence-electron chi connectivity index (χ4n) is 4.51. The number of nitrogens with one attached hydrogen (secondary N) is 2. The Kier molecular flexibility index (Phi) is 10.7. The smallest absolute Gasteiger partial charge is 0.416 e. The molecule has 0 heterocycles. The second-order valence-corrected chi connectivity index (χ2v) is 10.4. The third-order valence-corrected chi connectivity index (χ3v) is 7.12. The van der Waals surface area contributed by atoms with Gasteiger partial charge in [-0.2, -0.15) is 26.3 Å². The van der Waals surface area contributed by atoms with Crippen LogP contribution in [-0.4, -0.2) is 37.1 Å². The zero-order valence-electron chi connectivity index (χ0n) is 23.7. The largest absolute Gasteiger partial charge is 0.462 e. The summed E-state index contributed by atoms with van der Waals surface area (Å²) in [5, 5.41) is 4.68. The first kappa shape index (κ1) is 34.0. The molecule has 13 heteroatoms. The van der Waals surface area contributed by atoms with Crippen molar-refractivity contribution in [2.75, 3.05) is 18.5 Å². The lowest BCUT2D eigenvalue weighted by atomic mass is 9.95. The van der Waals surface area contributed by atoms with Gasteiger partial charge >= 0.3 is 18.3 Å². The van der Waals surface area contributed by atoms with E-state index in [9.17, 15) is 40.7 Å². The summed E-state index contributed by atoms with van der Waals surface area (Å²) >= 11 is 6.16. The van der Waals surface area contributed by atoms with Gasteiger partial charge in [0.2, 0.25) is 5.91 Å². The lowest BCUT2D eigenvalue weighted by molar-refractivity contribution is -0.139. The van der Waals surface area contributed by atoms with Gasteiger partial charge in [-0.05, 0) is 71.6 Å². The fraction of sp³-hybridized carbons (Fsp3) is 0.182. The first-order valence-corrected chi connectivity index (χ1v) is 14.0. The number of amides is 2. The predicted octanol–water partition coefficient (Wildman–Crippen LogP) is 8.29. The minimum Gasteiger partial charge on any atom is -0.462 e. The number of benzene rings is 4. The lowest BCUT2D eigenvalue weighted by Gasteiger charge is -2.19. The van der Waals surface area contributed by atoms with E-state index in [0.29, 0.717) is 16.8 Å². The van der Waals surface area contributed by atoms with Gasteiger partial charge < -0.3 is 15.4 Å². The highest BCUT2D eigenvalue weighted by atomic mass is 35.5. The van der Waals surface area contributed by atoms with Crippen LogP contribution in [0.2, 0.25) is 5.02 Å². The minimum absolute atomic E-state index is 0.0963. The van der Waals surface area contributed by atoms with Gasteiger partial charge in [-0.25, -0.2) is 4.79 Å². The molecule has 2 N–H and O–H groups in total. The Morgan fingerprint density at radius 3 is 2.04 bits per heavy atom. The quantitative estimate of drug-likeness (QED) is 0.132. The van der Waals surface area contributed by atoms with E-state index in [2.05, 4.69) is 5.32 Å². The Balaban J connectivity index is 1.38. The summed E-state index contributed by atoms with van der Waals surface area (Å²) in [7, 11) is 0. The summed E-state index contributed by atoms with van der Waals surface area (Å²) in [5.74, 6) is -3.37. The molecule has 4 rings (SSSR count). The predicted molar refractivity (Wildman–Crippen MR) is 159 cm³/mol. The van der Waals surface area contributed by atoms with Crippen molar-refractivity contribution in [2.45, 2.75) is 24.7 Å². The van der Waals surface area contributed by atoms with Gasteiger partial charge in [0.15, 0.2) is 0 Å². The molecule has 0 saturated heterocycles. The zero-order valence-corrected chi connectivity index (χ0v) is 24.5. The average molecular weight is 663 g/mol. The minimum atomic E-state index is -4.62. The van der Waals surface area contributed by atoms with Crippen molar-refractivity contribution in [3.63, 3.8) is 0 Å². The third-order valence-electron chi connectivity index (χ3n) is 6.77. The highest BCUT2D eigenvalue weighted by molar-refractivity contribution is 6.31. The standard InChI is InChI=1S/C33H25ClF6N2O4/c34-28-8-4-3-6-25(28)27(29(43)41-19-32(35,36)37)17-18-46-31(45)21-11-15-23(16-12-21)42-30(44)26-7-2-1-5-24(26)20-9-13-22(14-10-20)33(38,39)40/h1-16,27H,17-19H2,(H,41,43)(H,42,44). The van der Waals surface area contributed by atoms with E-state index in [1.165, 1.54) is 54.6 Å². The van der Waals surface area contributed by atoms with Gasteiger partial charge in [0, 0.05) is 16.3 Å². The number of rotatable bonds is 10. The maximum Gasteiger partial charge on any atom is 0.416 e. The van der Waals surface area contributed by atoms with Gasteiger partial charge in [-0.1, -0.05) is 60.1 Å². The summed E-state index contributed by atoms with van der Waals surface area (Å²) in [4.78, 5) is 38.3. The van der Waals surface area contributed by atoms with Crippen LogP contribution >= 0.6 is 11.6 Å². The number of carbonyl (C=O) groups excluding carboxylic acids is 3. The maximum atomic E-state index is 13.1. The molecule has 0 saturated carbocycles. The Morgan fingerprint density at radius 1 is 0.783 bits per heavy atom. The van der Waals surface area contributed by atoms with Crippen LogP contribution in [0, 0.1) is 0 Å². The Labute approximate surface area is 264 Å². The maximum absolute atomic E-state index is 13.1. The van der Waals surface area contributed by atoms with E-state index in [1.807, 2.05) is 5.32 Å². The molecule has 0 bridgehead atoms. The van der Waals surface area contributed by atoms with E-state index >= 15 is 0 Å². The second kappa shape index (κ2) is 14.5. The molecule has 0 fully saturated rings. The molecule has 4 aromatic carbocycles. The Bertz CT molecular complexity index is 1690. The van der Waals surface area contributed by atoms with Crippen molar-refractivity contribution in [3.05, 3.63) is 124 Å². The lowest BCUT2D eigenvalue weighted by Crippen LogP contribution is -2.37. The summed E-state index contributed by atoms with van der Waals surface area (Å²) < 4.78 is 82.1. The topological polar surface area (TPSA) is 84.5 Å². The van der Waals surface area contributed by atoms with Crippen LogP contribution in [0.15, 0.2) is 97.1 Å².